The van der Waals surface area contributed by atoms with Crippen LogP contribution >= 0.6 is 28.4 Å². The van der Waals surface area contributed by atoms with Crippen molar-refractivity contribution in [1.29, 1.82) is 0 Å². The Morgan fingerprint density at radius 1 is 1.65 bits per heavy atom. The average molecular weight is 441 g/mol. The molecule has 1 aliphatic heterocycles. The molecular weight excluding hydrogens is 420 g/mol. The van der Waals surface area contributed by atoms with Crippen LogP contribution in [0.2, 0.25) is 0 Å². The predicted molar refractivity (Wildman–Crippen MR) is 108 cm³/mol. The van der Waals surface area contributed by atoms with Gasteiger partial charge in [-0.1, -0.05) is 0 Å². The van der Waals surface area contributed by atoms with Crippen LogP contribution in [0.5, 0.6) is 0 Å². The number of hydrogen-bond acceptors (Lipinski definition) is 4. The minimum absolute atomic E-state index is 0.497. The van der Waals surface area contributed by atoms with Gasteiger partial charge in [-0.05, 0) is 60.0 Å². The van der Waals surface area contributed by atoms with E-state index in [2.05, 4.69) is 66.9 Å². The van der Waals surface area contributed by atoms with Crippen molar-refractivity contribution in [3.63, 3.8) is 0 Å². The molecule has 0 spiro atoms. The van der Waals surface area contributed by atoms with E-state index in [1.54, 1.807) is 6.20 Å². The van der Waals surface area contributed by atoms with Crippen molar-refractivity contribution in [1.82, 2.24) is 14.9 Å². The molecule has 3 unspecified atom stereocenters. The van der Waals surface area contributed by atoms with Gasteiger partial charge in [0.25, 0.3) is 0 Å². The highest BCUT2D eigenvalue weighted by atomic mass is 127. The molecule has 2 aromatic rings. The van der Waals surface area contributed by atoms with Gasteiger partial charge in [-0.2, -0.15) is 0 Å². The Kier molecular flexibility index (Phi) is 5.67. The Morgan fingerprint density at radius 3 is 3.22 bits per heavy atom. The Hall–Kier alpha value is -0.980. The molecule has 23 heavy (non-hydrogen) atoms. The number of hydrogen-bond donors (Lipinski definition) is 2. The smallest absolute Gasteiger partial charge is 0.139 e. The number of halogens is 1. The van der Waals surface area contributed by atoms with Gasteiger partial charge in [-0.25, -0.2) is 4.98 Å². The second-order valence-electron chi connectivity index (χ2n) is 5.98. The summed E-state index contributed by atoms with van der Waals surface area (Å²) in [6.07, 6.45) is 9.15. The van der Waals surface area contributed by atoms with Crippen LogP contribution in [0.1, 0.15) is 18.9 Å². The van der Waals surface area contributed by atoms with Crippen LogP contribution in [-0.4, -0.2) is 28.4 Å². The van der Waals surface area contributed by atoms with Crippen molar-refractivity contribution >= 4 is 51.2 Å². The maximum Gasteiger partial charge on any atom is 0.139 e. The summed E-state index contributed by atoms with van der Waals surface area (Å²) < 4.78 is 6.54. The van der Waals surface area contributed by atoms with Crippen molar-refractivity contribution < 1.29 is 0 Å². The lowest BCUT2D eigenvalue weighted by Crippen LogP contribution is -2.17. The topological polar surface area (TPSA) is 68.2 Å². The fraction of sp³-hybridized carbons (Fsp3) is 0.375. The summed E-state index contributed by atoms with van der Waals surface area (Å²) in [7, 11) is 0. The zero-order valence-corrected chi connectivity index (χ0v) is 16.2. The molecule has 2 aromatic heterocycles. The molecule has 3 heterocycles. The number of nitrogens with zero attached hydrogens (tertiary/aromatic N) is 3. The van der Waals surface area contributed by atoms with E-state index in [0.29, 0.717) is 18.3 Å². The van der Waals surface area contributed by atoms with E-state index < -0.39 is 0 Å². The number of fused-ring (bicyclic) bond motifs is 1. The van der Waals surface area contributed by atoms with Crippen LogP contribution in [0.3, 0.4) is 0 Å². The second kappa shape index (κ2) is 7.73. The summed E-state index contributed by atoms with van der Waals surface area (Å²) >= 11 is 2.24. The third-order valence-corrected chi connectivity index (χ3v) is 5.33. The van der Waals surface area contributed by atoms with Gasteiger partial charge < -0.3 is 15.6 Å². The van der Waals surface area contributed by atoms with E-state index in [9.17, 15) is 0 Å². The molecule has 1 aliphatic rings. The molecular formula is C16H21IN5P. The van der Waals surface area contributed by atoms with Gasteiger partial charge in [-0.15, -0.1) is 0 Å². The fourth-order valence-corrected chi connectivity index (χ4v) is 3.75. The van der Waals surface area contributed by atoms with Crippen molar-refractivity contribution in [2.75, 3.05) is 6.54 Å². The zero-order valence-electron chi connectivity index (χ0n) is 13.0. The normalized spacial score (nSPS) is 23.0. The first-order chi connectivity index (χ1) is 11.2. The quantitative estimate of drug-likeness (QED) is 0.425. The fourth-order valence-electron chi connectivity index (χ4n) is 3.14. The lowest BCUT2D eigenvalue weighted by Gasteiger charge is -2.11. The first kappa shape index (κ1) is 16.9. The predicted octanol–water partition coefficient (Wildman–Crippen LogP) is 3.35. The maximum absolute atomic E-state index is 5.72. The van der Waals surface area contributed by atoms with Gasteiger partial charge in [0, 0.05) is 53.9 Å². The average Bonchev–Trinajstić information content (AvgIpc) is 3.15. The number of aromatic nitrogens is 2. The molecule has 3 rings (SSSR count). The van der Waals surface area contributed by atoms with E-state index in [4.69, 9.17) is 5.73 Å². The standard InChI is InChI=1S/C16H21IN5P/c1-11-4-12(7-19-11)10-22-3-2-13-5-14(8-20-16(13)22)15(6-18)9-21-23-17/h2-3,5-6,8-9,11-12,19,23H,4,7,10,18H2,1H3. The minimum atomic E-state index is 0.497. The molecule has 1 saturated heterocycles. The van der Waals surface area contributed by atoms with Crippen LogP contribution < -0.4 is 11.1 Å². The summed E-state index contributed by atoms with van der Waals surface area (Å²) in [5.74, 6) is 0.679. The number of nitrogens with two attached hydrogens (primary N) is 1. The van der Waals surface area contributed by atoms with Crippen LogP contribution in [0.15, 0.2) is 35.5 Å². The van der Waals surface area contributed by atoms with Crippen molar-refractivity contribution in [2.24, 2.45) is 16.4 Å². The van der Waals surface area contributed by atoms with Crippen LogP contribution in [0.4, 0.5) is 0 Å². The first-order valence-corrected chi connectivity index (χ1v) is 11.8. The minimum Gasteiger partial charge on any atom is -0.404 e. The maximum atomic E-state index is 5.72. The summed E-state index contributed by atoms with van der Waals surface area (Å²) in [5.41, 5.74) is 8.68. The van der Waals surface area contributed by atoms with Gasteiger partial charge in [0.1, 0.15) is 5.65 Å². The van der Waals surface area contributed by atoms with E-state index >= 15 is 0 Å². The van der Waals surface area contributed by atoms with Gasteiger partial charge in [0.2, 0.25) is 0 Å². The van der Waals surface area contributed by atoms with Crippen molar-refractivity contribution in [2.45, 2.75) is 25.9 Å². The summed E-state index contributed by atoms with van der Waals surface area (Å²) in [5, 5.41) is 4.66. The van der Waals surface area contributed by atoms with Gasteiger partial charge in [-0.3, -0.25) is 4.76 Å². The molecule has 122 valence electrons. The largest absolute Gasteiger partial charge is 0.404 e. The van der Waals surface area contributed by atoms with E-state index in [0.717, 1.165) is 35.3 Å². The lowest BCUT2D eigenvalue weighted by molar-refractivity contribution is 0.481. The van der Waals surface area contributed by atoms with Gasteiger partial charge in [0.15, 0.2) is 0 Å². The number of nitrogens with one attached hydrogen (secondary N) is 1. The molecule has 0 saturated carbocycles. The van der Waals surface area contributed by atoms with Gasteiger partial charge in [0.05, 0.1) is 6.37 Å². The molecule has 0 bridgehead atoms. The molecule has 3 N–H and O–H groups in total. The zero-order chi connectivity index (χ0) is 16.2. The molecule has 0 aliphatic carbocycles. The molecule has 1 fully saturated rings. The van der Waals surface area contributed by atoms with Gasteiger partial charge >= 0.3 is 0 Å². The molecule has 0 aromatic carbocycles. The third kappa shape index (κ3) is 3.92. The summed E-state index contributed by atoms with van der Waals surface area (Å²) in [4.78, 5) is 4.66. The van der Waals surface area contributed by atoms with E-state index in [1.807, 2.05) is 12.4 Å². The summed E-state index contributed by atoms with van der Waals surface area (Å²) in [6.45, 7) is 4.35. The molecule has 0 amide bonds. The van der Waals surface area contributed by atoms with Crippen molar-refractivity contribution in [3.05, 3.63) is 36.3 Å². The van der Waals surface area contributed by atoms with Crippen molar-refractivity contribution in [3.8, 4) is 0 Å². The number of rotatable bonds is 5. The Balaban J connectivity index is 1.83. The molecule has 0 radical (unpaired) electrons. The molecule has 3 atom stereocenters. The molecule has 7 heteroatoms. The second-order valence-corrected chi connectivity index (χ2v) is 7.86. The highest BCUT2D eigenvalue weighted by Crippen LogP contribution is 2.25. The Bertz CT molecular complexity index is 739. The Morgan fingerprint density at radius 2 is 2.52 bits per heavy atom. The number of pyridine rings is 1. The SMILES string of the molecule is CC1CC(Cn2ccc3cc(C(C=NPI)=CN)cnc32)CN1. The van der Waals surface area contributed by atoms with E-state index in [-0.39, 0.29) is 0 Å². The number of allylic oxidation sites excluding steroid dienone is 1. The van der Waals surface area contributed by atoms with Crippen LogP contribution in [0.25, 0.3) is 16.6 Å². The Labute approximate surface area is 151 Å². The highest BCUT2D eigenvalue weighted by molar-refractivity contribution is 14.2. The van der Waals surface area contributed by atoms with Crippen LogP contribution in [-0.2, 0) is 6.54 Å². The van der Waals surface area contributed by atoms with Crippen LogP contribution in [0, 0.1) is 5.92 Å². The summed E-state index contributed by atoms with van der Waals surface area (Å²) in [6, 6.07) is 4.88. The molecule has 5 nitrogen and oxygen atoms in total. The monoisotopic (exact) mass is 441 g/mol. The highest BCUT2D eigenvalue weighted by Gasteiger charge is 2.21. The third-order valence-electron chi connectivity index (χ3n) is 4.26. The van der Waals surface area contributed by atoms with E-state index in [1.165, 1.54) is 6.42 Å². The first-order valence-electron chi connectivity index (χ1n) is 7.70. The lowest BCUT2D eigenvalue weighted by atomic mass is 10.1.